The van der Waals surface area contributed by atoms with Crippen molar-refractivity contribution in [3.63, 3.8) is 0 Å². The van der Waals surface area contributed by atoms with E-state index in [1.54, 1.807) is 11.8 Å². The van der Waals surface area contributed by atoms with E-state index in [4.69, 9.17) is 0 Å². The Morgan fingerprint density at radius 2 is 1.92 bits per heavy atom. The Hall–Kier alpha value is -0.430. The van der Waals surface area contributed by atoms with E-state index in [1.807, 2.05) is 0 Å². The third kappa shape index (κ3) is 2.90. The van der Waals surface area contributed by atoms with Crippen molar-refractivity contribution in [2.45, 2.75) is 24.7 Å². The molecule has 0 aliphatic heterocycles. The average Bonchev–Trinajstić information content (AvgIpc) is 2.15. The number of unbranched alkanes of at least 4 members (excludes halogenated alkanes) is 1. The van der Waals surface area contributed by atoms with Gasteiger partial charge in [-0.1, -0.05) is 19.1 Å². The van der Waals surface area contributed by atoms with Gasteiger partial charge in [0.05, 0.1) is 0 Å². The summed E-state index contributed by atoms with van der Waals surface area (Å²) in [6, 6.07) is 8.82. The quantitative estimate of drug-likeness (QED) is 0.637. The van der Waals surface area contributed by atoms with E-state index in [1.165, 1.54) is 23.3 Å². The highest BCUT2D eigenvalue weighted by molar-refractivity contribution is 7.98. The highest BCUT2D eigenvalue weighted by Crippen LogP contribution is 2.15. The summed E-state index contributed by atoms with van der Waals surface area (Å²) in [6.45, 7) is 2.11. The van der Waals surface area contributed by atoms with E-state index in [-0.39, 0.29) is 0 Å². The first-order valence-corrected chi connectivity index (χ1v) is 5.50. The minimum atomic E-state index is 1.17. The minimum Gasteiger partial charge on any atom is -0.130 e. The molecule has 0 amide bonds. The summed E-state index contributed by atoms with van der Waals surface area (Å²) in [4.78, 5) is 1.35. The number of aryl methyl sites for hydroxylation is 1. The Bertz CT molecular complexity index is 213. The molecule has 0 saturated heterocycles. The van der Waals surface area contributed by atoms with Crippen LogP contribution in [0.3, 0.4) is 0 Å². The van der Waals surface area contributed by atoms with Crippen LogP contribution in [0.1, 0.15) is 18.9 Å². The van der Waals surface area contributed by atoms with Crippen LogP contribution in [-0.4, -0.2) is 6.26 Å². The van der Waals surface area contributed by atoms with Crippen molar-refractivity contribution in [1.29, 1.82) is 0 Å². The molecular formula is C11H15S. The van der Waals surface area contributed by atoms with Gasteiger partial charge >= 0.3 is 0 Å². The Labute approximate surface area is 79.4 Å². The van der Waals surface area contributed by atoms with Gasteiger partial charge in [-0.25, -0.2) is 0 Å². The average molecular weight is 179 g/mol. The summed E-state index contributed by atoms with van der Waals surface area (Å²) in [6.07, 6.45) is 6.67. The summed E-state index contributed by atoms with van der Waals surface area (Å²) in [7, 11) is 0. The smallest absolute Gasteiger partial charge is 0.00693 e. The highest BCUT2D eigenvalue weighted by atomic mass is 32.2. The number of hydrogen-bond acceptors (Lipinski definition) is 1. The maximum absolute atomic E-state index is 2.22. The standard InChI is InChI=1S/C11H15S/c1-3-4-5-10-6-8-11(12-2)9-7-10/h3,6-9H,4-5H2,1-2H3. The Morgan fingerprint density at radius 1 is 1.25 bits per heavy atom. The summed E-state index contributed by atoms with van der Waals surface area (Å²) < 4.78 is 0. The van der Waals surface area contributed by atoms with E-state index >= 15 is 0 Å². The lowest BCUT2D eigenvalue weighted by Crippen LogP contribution is -1.83. The molecule has 1 rings (SSSR count). The number of benzene rings is 1. The van der Waals surface area contributed by atoms with Gasteiger partial charge in [0.2, 0.25) is 0 Å². The van der Waals surface area contributed by atoms with Crippen molar-refractivity contribution in [2.24, 2.45) is 0 Å². The van der Waals surface area contributed by atoms with Crippen molar-refractivity contribution in [2.75, 3.05) is 6.26 Å². The molecule has 0 fully saturated rings. The predicted octanol–water partition coefficient (Wildman–Crippen LogP) is 3.57. The topological polar surface area (TPSA) is 0 Å². The molecule has 0 saturated carbocycles. The zero-order valence-corrected chi connectivity index (χ0v) is 8.53. The largest absolute Gasteiger partial charge is 0.130 e. The van der Waals surface area contributed by atoms with Gasteiger partial charge in [0.25, 0.3) is 0 Å². The van der Waals surface area contributed by atoms with Crippen LogP contribution < -0.4 is 0 Å². The van der Waals surface area contributed by atoms with Gasteiger partial charge in [-0.2, -0.15) is 0 Å². The molecule has 0 aromatic heterocycles. The first kappa shape index (κ1) is 9.66. The Kier molecular flexibility index (Phi) is 4.23. The lowest BCUT2D eigenvalue weighted by molar-refractivity contribution is 0.935. The van der Waals surface area contributed by atoms with Crippen molar-refractivity contribution in [1.82, 2.24) is 0 Å². The predicted molar refractivity (Wildman–Crippen MR) is 56.5 cm³/mol. The molecule has 0 bridgehead atoms. The molecule has 0 N–H and O–H groups in total. The molecule has 0 heterocycles. The van der Waals surface area contributed by atoms with Crippen molar-refractivity contribution < 1.29 is 0 Å². The van der Waals surface area contributed by atoms with Crippen molar-refractivity contribution >= 4 is 11.8 Å². The molecule has 0 spiro atoms. The number of hydrogen-bond donors (Lipinski definition) is 0. The molecule has 1 aromatic carbocycles. The number of thioether (sulfide) groups is 1. The first-order valence-electron chi connectivity index (χ1n) is 4.27. The van der Waals surface area contributed by atoms with Crippen LogP contribution in [0.25, 0.3) is 0 Å². The second-order valence-corrected chi connectivity index (χ2v) is 3.67. The van der Waals surface area contributed by atoms with Crippen LogP contribution >= 0.6 is 11.8 Å². The van der Waals surface area contributed by atoms with Gasteiger partial charge in [0.15, 0.2) is 0 Å². The lowest BCUT2D eigenvalue weighted by atomic mass is 10.1. The normalized spacial score (nSPS) is 10.2. The van der Waals surface area contributed by atoms with Gasteiger partial charge in [-0.05, 0) is 43.2 Å². The lowest BCUT2D eigenvalue weighted by Gasteiger charge is -2.00. The molecule has 1 radical (unpaired) electrons. The molecule has 1 aromatic rings. The second-order valence-electron chi connectivity index (χ2n) is 2.79. The summed E-state index contributed by atoms with van der Waals surface area (Å²) in [5.41, 5.74) is 1.44. The molecular weight excluding hydrogens is 164 g/mol. The summed E-state index contributed by atoms with van der Waals surface area (Å²) in [5.74, 6) is 0. The van der Waals surface area contributed by atoms with Crippen LogP contribution in [0, 0.1) is 6.42 Å². The fraction of sp³-hybridized carbons (Fsp3) is 0.364. The molecule has 0 aliphatic rings. The van der Waals surface area contributed by atoms with Crippen LogP contribution in [0.2, 0.25) is 0 Å². The molecule has 0 aliphatic carbocycles. The second kappa shape index (κ2) is 5.26. The van der Waals surface area contributed by atoms with Gasteiger partial charge in [-0.3, -0.25) is 0 Å². The van der Waals surface area contributed by atoms with Gasteiger partial charge in [0, 0.05) is 4.90 Å². The van der Waals surface area contributed by atoms with Gasteiger partial charge < -0.3 is 0 Å². The van der Waals surface area contributed by atoms with Crippen molar-refractivity contribution in [3.8, 4) is 0 Å². The van der Waals surface area contributed by atoms with E-state index in [9.17, 15) is 0 Å². The summed E-state index contributed by atoms with van der Waals surface area (Å²) in [5, 5.41) is 0. The molecule has 12 heavy (non-hydrogen) atoms. The monoisotopic (exact) mass is 179 g/mol. The maximum atomic E-state index is 2.22. The summed E-state index contributed by atoms with van der Waals surface area (Å²) >= 11 is 1.79. The van der Waals surface area contributed by atoms with Crippen LogP contribution in [0.5, 0.6) is 0 Å². The fourth-order valence-electron chi connectivity index (χ4n) is 1.10. The molecule has 0 unspecified atom stereocenters. The first-order chi connectivity index (χ1) is 5.86. The van der Waals surface area contributed by atoms with Crippen LogP contribution in [0.4, 0.5) is 0 Å². The maximum Gasteiger partial charge on any atom is 0.00693 e. The van der Waals surface area contributed by atoms with E-state index in [2.05, 4.69) is 43.9 Å². The highest BCUT2D eigenvalue weighted by Gasteiger charge is 1.92. The van der Waals surface area contributed by atoms with Crippen LogP contribution in [-0.2, 0) is 6.42 Å². The molecule has 0 nitrogen and oxygen atoms in total. The fourth-order valence-corrected chi connectivity index (χ4v) is 1.51. The molecule has 0 atom stereocenters. The van der Waals surface area contributed by atoms with E-state index in [0.29, 0.717) is 0 Å². The van der Waals surface area contributed by atoms with Gasteiger partial charge in [-0.15, -0.1) is 11.8 Å². The third-order valence-corrected chi connectivity index (χ3v) is 2.62. The molecule has 65 valence electrons. The third-order valence-electron chi connectivity index (χ3n) is 1.88. The van der Waals surface area contributed by atoms with Crippen LogP contribution in [0.15, 0.2) is 29.2 Å². The Balaban J connectivity index is 2.53. The zero-order valence-electron chi connectivity index (χ0n) is 7.71. The van der Waals surface area contributed by atoms with Gasteiger partial charge in [0.1, 0.15) is 0 Å². The van der Waals surface area contributed by atoms with E-state index < -0.39 is 0 Å². The van der Waals surface area contributed by atoms with E-state index in [0.717, 1.165) is 0 Å². The SMILES string of the molecule is C[CH]CCc1ccc(SC)cc1. The molecule has 1 heteroatoms. The number of rotatable bonds is 4. The Morgan fingerprint density at radius 3 is 2.42 bits per heavy atom. The minimum absolute atomic E-state index is 1.17. The van der Waals surface area contributed by atoms with Crippen molar-refractivity contribution in [3.05, 3.63) is 36.2 Å². The zero-order chi connectivity index (χ0) is 8.81.